The third kappa shape index (κ3) is 4.68. The standard InChI is InChI=1S/C15H13BrN2O3/c16-13-5-1-4-12(7-13)10-17-15(19)9-11-3-2-6-14(8-11)18(20)21/h1-8H,9-10H2,(H,17,19). The summed E-state index contributed by atoms with van der Waals surface area (Å²) >= 11 is 3.37. The molecular weight excluding hydrogens is 336 g/mol. The van der Waals surface area contributed by atoms with Gasteiger partial charge in [0.05, 0.1) is 11.3 Å². The highest BCUT2D eigenvalue weighted by Gasteiger charge is 2.08. The van der Waals surface area contributed by atoms with E-state index in [0.717, 1.165) is 10.0 Å². The van der Waals surface area contributed by atoms with Gasteiger partial charge in [-0.2, -0.15) is 0 Å². The zero-order valence-electron chi connectivity index (χ0n) is 11.1. The second-order valence-corrected chi connectivity index (χ2v) is 5.43. The summed E-state index contributed by atoms with van der Waals surface area (Å²) in [5, 5.41) is 13.5. The molecule has 0 unspecified atom stereocenters. The quantitative estimate of drug-likeness (QED) is 0.665. The Labute approximate surface area is 130 Å². The van der Waals surface area contributed by atoms with Crippen LogP contribution in [-0.4, -0.2) is 10.8 Å². The first-order valence-corrected chi connectivity index (χ1v) is 7.08. The highest BCUT2D eigenvalue weighted by atomic mass is 79.9. The Morgan fingerprint density at radius 1 is 1.14 bits per heavy atom. The van der Waals surface area contributed by atoms with Gasteiger partial charge in [-0.05, 0) is 23.3 Å². The van der Waals surface area contributed by atoms with Gasteiger partial charge in [0.1, 0.15) is 0 Å². The van der Waals surface area contributed by atoms with Crippen LogP contribution in [0.15, 0.2) is 53.0 Å². The molecule has 6 heteroatoms. The van der Waals surface area contributed by atoms with E-state index in [0.29, 0.717) is 12.1 Å². The maximum atomic E-state index is 11.9. The topological polar surface area (TPSA) is 72.2 Å². The first-order chi connectivity index (χ1) is 10.0. The number of benzene rings is 2. The number of hydrogen-bond donors (Lipinski definition) is 1. The summed E-state index contributed by atoms with van der Waals surface area (Å²) in [5.41, 5.74) is 1.60. The molecule has 2 aromatic carbocycles. The second-order valence-electron chi connectivity index (χ2n) is 4.51. The van der Waals surface area contributed by atoms with Crippen molar-refractivity contribution in [3.05, 3.63) is 74.2 Å². The molecule has 0 bridgehead atoms. The van der Waals surface area contributed by atoms with Crippen LogP contribution >= 0.6 is 15.9 Å². The molecule has 0 spiro atoms. The van der Waals surface area contributed by atoms with Crippen LogP contribution in [0.3, 0.4) is 0 Å². The molecule has 2 rings (SSSR count). The van der Waals surface area contributed by atoms with E-state index in [1.807, 2.05) is 24.3 Å². The van der Waals surface area contributed by atoms with Crippen LogP contribution in [0.1, 0.15) is 11.1 Å². The van der Waals surface area contributed by atoms with Crippen molar-refractivity contribution in [2.75, 3.05) is 0 Å². The van der Waals surface area contributed by atoms with Crippen molar-refractivity contribution in [3.8, 4) is 0 Å². The molecule has 0 fully saturated rings. The van der Waals surface area contributed by atoms with Crippen LogP contribution in [0.25, 0.3) is 0 Å². The van der Waals surface area contributed by atoms with Crippen LogP contribution in [0.2, 0.25) is 0 Å². The lowest BCUT2D eigenvalue weighted by atomic mass is 10.1. The smallest absolute Gasteiger partial charge is 0.269 e. The number of halogens is 1. The van der Waals surface area contributed by atoms with E-state index in [2.05, 4.69) is 21.2 Å². The number of rotatable bonds is 5. The van der Waals surface area contributed by atoms with E-state index in [1.54, 1.807) is 12.1 Å². The summed E-state index contributed by atoms with van der Waals surface area (Å²) in [6, 6.07) is 13.7. The van der Waals surface area contributed by atoms with Gasteiger partial charge in [0, 0.05) is 23.2 Å². The lowest BCUT2D eigenvalue weighted by molar-refractivity contribution is -0.384. The molecule has 0 aliphatic rings. The molecule has 0 saturated heterocycles. The van der Waals surface area contributed by atoms with Crippen LogP contribution in [-0.2, 0) is 17.8 Å². The van der Waals surface area contributed by atoms with Crippen molar-refractivity contribution in [2.45, 2.75) is 13.0 Å². The van der Waals surface area contributed by atoms with Gasteiger partial charge in [0.25, 0.3) is 5.69 Å². The van der Waals surface area contributed by atoms with E-state index in [1.165, 1.54) is 12.1 Å². The van der Waals surface area contributed by atoms with Crippen molar-refractivity contribution >= 4 is 27.5 Å². The molecule has 108 valence electrons. The number of nitrogens with zero attached hydrogens (tertiary/aromatic N) is 1. The first kappa shape index (κ1) is 15.2. The van der Waals surface area contributed by atoms with Gasteiger partial charge in [-0.1, -0.05) is 40.2 Å². The zero-order valence-corrected chi connectivity index (χ0v) is 12.7. The van der Waals surface area contributed by atoms with Gasteiger partial charge in [-0.15, -0.1) is 0 Å². The van der Waals surface area contributed by atoms with E-state index in [9.17, 15) is 14.9 Å². The minimum atomic E-state index is -0.469. The van der Waals surface area contributed by atoms with Gasteiger partial charge in [-0.3, -0.25) is 14.9 Å². The molecule has 0 aliphatic carbocycles. The highest BCUT2D eigenvalue weighted by molar-refractivity contribution is 9.10. The molecule has 1 amide bonds. The normalized spacial score (nSPS) is 10.1. The molecule has 1 N–H and O–H groups in total. The molecule has 0 radical (unpaired) electrons. The summed E-state index contributed by atoms with van der Waals surface area (Å²) < 4.78 is 0.952. The maximum absolute atomic E-state index is 11.9. The average Bonchev–Trinajstić information content (AvgIpc) is 2.45. The van der Waals surface area contributed by atoms with Gasteiger partial charge in [0.15, 0.2) is 0 Å². The van der Waals surface area contributed by atoms with Gasteiger partial charge in [-0.25, -0.2) is 0 Å². The Morgan fingerprint density at radius 3 is 2.57 bits per heavy atom. The lowest BCUT2D eigenvalue weighted by Crippen LogP contribution is -2.24. The van der Waals surface area contributed by atoms with E-state index < -0.39 is 4.92 Å². The Bertz CT molecular complexity index is 673. The number of nitrogens with one attached hydrogen (secondary N) is 1. The maximum Gasteiger partial charge on any atom is 0.269 e. The molecular formula is C15H13BrN2O3. The summed E-state index contributed by atoms with van der Waals surface area (Å²) in [6.45, 7) is 0.424. The second kappa shape index (κ2) is 6.99. The number of carbonyl (C=O) groups excluding carboxylic acids is 1. The molecule has 5 nitrogen and oxygen atoms in total. The van der Waals surface area contributed by atoms with E-state index >= 15 is 0 Å². The largest absolute Gasteiger partial charge is 0.352 e. The Morgan fingerprint density at radius 2 is 1.86 bits per heavy atom. The van der Waals surface area contributed by atoms with Gasteiger partial charge in [0.2, 0.25) is 5.91 Å². The monoisotopic (exact) mass is 348 g/mol. The fourth-order valence-electron chi connectivity index (χ4n) is 1.88. The van der Waals surface area contributed by atoms with Crippen molar-refractivity contribution in [1.82, 2.24) is 5.32 Å². The summed E-state index contributed by atoms with van der Waals surface area (Å²) in [4.78, 5) is 22.1. The fraction of sp³-hybridized carbons (Fsp3) is 0.133. The molecule has 0 aromatic heterocycles. The zero-order chi connectivity index (χ0) is 15.2. The molecule has 0 heterocycles. The SMILES string of the molecule is O=C(Cc1cccc([N+](=O)[O-])c1)NCc1cccc(Br)c1. The van der Waals surface area contributed by atoms with Crippen molar-refractivity contribution < 1.29 is 9.72 Å². The molecule has 0 atom stereocenters. The van der Waals surface area contributed by atoms with E-state index in [4.69, 9.17) is 0 Å². The molecule has 0 aliphatic heterocycles. The molecule has 0 saturated carbocycles. The van der Waals surface area contributed by atoms with Crippen LogP contribution < -0.4 is 5.32 Å². The highest BCUT2D eigenvalue weighted by Crippen LogP contribution is 2.14. The number of carbonyl (C=O) groups is 1. The Kier molecular flexibility index (Phi) is 5.05. The first-order valence-electron chi connectivity index (χ1n) is 6.29. The third-order valence-corrected chi connectivity index (χ3v) is 3.36. The van der Waals surface area contributed by atoms with Crippen molar-refractivity contribution in [3.63, 3.8) is 0 Å². The fourth-order valence-corrected chi connectivity index (χ4v) is 2.32. The summed E-state index contributed by atoms with van der Waals surface area (Å²) in [7, 11) is 0. The lowest BCUT2D eigenvalue weighted by Gasteiger charge is -2.06. The third-order valence-electron chi connectivity index (χ3n) is 2.86. The summed E-state index contributed by atoms with van der Waals surface area (Å²) in [5.74, 6) is -0.171. The molecule has 21 heavy (non-hydrogen) atoms. The number of non-ortho nitro benzene ring substituents is 1. The van der Waals surface area contributed by atoms with Crippen LogP contribution in [0.5, 0.6) is 0 Å². The average molecular weight is 349 g/mol. The van der Waals surface area contributed by atoms with Gasteiger partial charge < -0.3 is 5.32 Å². The van der Waals surface area contributed by atoms with Crippen LogP contribution in [0, 0.1) is 10.1 Å². The number of hydrogen-bond acceptors (Lipinski definition) is 3. The minimum absolute atomic E-state index is 0.00714. The number of nitro groups is 1. The predicted molar refractivity (Wildman–Crippen MR) is 82.8 cm³/mol. The number of amides is 1. The Balaban J connectivity index is 1.93. The van der Waals surface area contributed by atoms with Crippen molar-refractivity contribution in [1.29, 1.82) is 0 Å². The number of nitro benzene ring substituents is 1. The van der Waals surface area contributed by atoms with Crippen LogP contribution in [0.4, 0.5) is 5.69 Å². The minimum Gasteiger partial charge on any atom is -0.352 e. The molecule has 2 aromatic rings. The Hall–Kier alpha value is -2.21. The van der Waals surface area contributed by atoms with E-state index in [-0.39, 0.29) is 18.0 Å². The van der Waals surface area contributed by atoms with Gasteiger partial charge >= 0.3 is 0 Å². The van der Waals surface area contributed by atoms with Crippen molar-refractivity contribution in [2.24, 2.45) is 0 Å². The summed E-state index contributed by atoms with van der Waals surface area (Å²) in [6.07, 6.45) is 0.121. The predicted octanol–water partition coefficient (Wildman–Crippen LogP) is 3.22.